The summed E-state index contributed by atoms with van der Waals surface area (Å²) in [6.07, 6.45) is 0.191. The van der Waals surface area contributed by atoms with E-state index in [0.717, 1.165) is 37.5 Å². The van der Waals surface area contributed by atoms with Gasteiger partial charge in [-0.25, -0.2) is 0 Å². The van der Waals surface area contributed by atoms with Gasteiger partial charge in [0.2, 0.25) is 0 Å². The molecule has 96 valence electrons. The highest BCUT2D eigenvalue weighted by molar-refractivity contribution is 5.58. The predicted octanol–water partition coefficient (Wildman–Crippen LogP) is 1.61. The molecule has 0 radical (unpaired) electrons. The Hall–Kier alpha value is -1.57. The normalized spacial score (nSPS) is 20.4. The molecule has 1 aromatic rings. The van der Waals surface area contributed by atoms with Crippen LogP contribution in [0.25, 0.3) is 0 Å². The Morgan fingerprint density at radius 1 is 1.56 bits per heavy atom. The molecule has 0 bridgehead atoms. The van der Waals surface area contributed by atoms with Gasteiger partial charge in [-0.15, -0.1) is 0 Å². The summed E-state index contributed by atoms with van der Waals surface area (Å²) < 4.78 is 5.68. The summed E-state index contributed by atoms with van der Waals surface area (Å²) in [4.78, 5) is 2.26. The summed E-state index contributed by atoms with van der Waals surface area (Å²) in [5.74, 6) is 0. The van der Waals surface area contributed by atoms with E-state index >= 15 is 0 Å². The second-order valence-electron chi connectivity index (χ2n) is 4.80. The van der Waals surface area contributed by atoms with Crippen molar-refractivity contribution in [1.29, 1.82) is 5.26 Å². The van der Waals surface area contributed by atoms with E-state index in [2.05, 4.69) is 23.3 Å². The number of hydrogen-bond acceptors (Lipinski definition) is 4. The standard InChI is InChI=1S/C14H19N3O/c1-11-3-4-14(12(7-11)8-15)16-9-13-10-17(2)5-6-18-13/h3-4,7,13,16H,5-6,9-10H2,1-2H3. The van der Waals surface area contributed by atoms with Gasteiger partial charge >= 0.3 is 0 Å². The molecule has 1 saturated heterocycles. The van der Waals surface area contributed by atoms with E-state index in [4.69, 9.17) is 10.00 Å². The quantitative estimate of drug-likeness (QED) is 0.879. The number of nitrogens with zero attached hydrogens (tertiary/aromatic N) is 2. The van der Waals surface area contributed by atoms with E-state index in [9.17, 15) is 0 Å². The minimum atomic E-state index is 0.191. The Bertz CT molecular complexity index is 453. The molecule has 2 rings (SSSR count). The Morgan fingerprint density at radius 2 is 2.39 bits per heavy atom. The first kappa shape index (κ1) is 12.9. The first-order valence-corrected chi connectivity index (χ1v) is 6.24. The molecular weight excluding hydrogens is 226 g/mol. The van der Waals surface area contributed by atoms with Crippen LogP contribution in [0.15, 0.2) is 18.2 Å². The van der Waals surface area contributed by atoms with Crippen molar-refractivity contribution in [2.45, 2.75) is 13.0 Å². The monoisotopic (exact) mass is 245 g/mol. The van der Waals surface area contributed by atoms with Crippen molar-refractivity contribution in [3.8, 4) is 6.07 Å². The largest absolute Gasteiger partial charge is 0.381 e. The Morgan fingerprint density at radius 3 is 3.11 bits per heavy atom. The molecule has 4 nitrogen and oxygen atoms in total. The van der Waals surface area contributed by atoms with Gasteiger partial charge in [0.05, 0.1) is 24.0 Å². The maximum absolute atomic E-state index is 9.09. The molecule has 0 spiro atoms. The number of nitriles is 1. The molecule has 1 heterocycles. The molecule has 1 aliphatic rings. The molecule has 1 atom stereocenters. The van der Waals surface area contributed by atoms with Gasteiger partial charge in [-0.2, -0.15) is 5.26 Å². The van der Waals surface area contributed by atoms with Crippen molar-refractivity contribution >= 4 is 5.69 Å². The van der Waals surface area contributed by atoms with Crippen molar-refractivity contribution in [2.75, 3.05) is 38.6 Å². The third-order valence-electron chi connectivity index (χ3n) is 3.16. The van der Waals surface area contributed by atoms with Gasteiger partial charge < -0.3 is 15.0 Å². The van der Waals surface area contributed by atoms with Crippen LogP contribution in [0.2, 0.25) is 0 Å². The summed E-state index contributed by atoms with van der Waals surface area (Å²) in [5, 5.41) is 12.4. The highest BCUT2D eigenvalue weighted by Crippen LogP contribution is 2.16. The molecule has 1 aromatic carbocycles. The zero-order valence-electron chi connectivity index (χ0n) is 10.9. The van der Waals surface area contributed by atoms with E-state index < -0.39 is 0 Å². The van der Waals surface area contributed by atoms with Gasteiger partial charge in [0, 0.05) is 19.6 Å². The maximum Gasteiger partial charge on any atom is 0.101 e. The van der Waals surface area contributed by atoms with Gasteiger partial charge in [0.1, 0.15) is 6.07 Å². The molecule has 0 amide bonds. The van der Waals surface area contributed by atoms with Crippen LogP contribution in [-0.4, -0.2) is 44.3 Å². The number of nitrogens with one attached hydrogen (secondary N) is 1. The number of likely N-dealkylation sites (N-methyl/N-ethyl adjacent to an activating group) is 1. The van der Waals surface area contributed by atoms with Crippen LogP contribution >= 0.6 is 0 Å². The molecule has 0 aromatic heterocycles. The van der Waals surface area contributed by atoms with E-state index in [0.29, 0.717) is 5.56 Å². The van der Waals surface area contributed by atoms with Crippen LogP contribution in [0.4, 0.5) is 5.69 Å². The lowest BCUT2D eigenvalue weighted by Crippen LogP contribution is -2.43. The first-order chi connectivity index (χ1) is 8.69. The van der Waals surface area contributed by atoms with Crippen LogP contribution in [0.3, 0.4) is 0 Å². The minimum absolute atomic E-state index is 0.191. The summed E-state index contributed by atoms with van der Waals surface area (Å²) in [7, 11) is 2.10. The smallest absolute Gasteiger partial charge is 0.101 e. The van der Waals surface area contributed by atoms with Crippen LogP contribution in [-0.2, 0) is 4.74 Å². The van der Waals surface area contributed by atoms with Crippen molar-refractivity contribution in [3.63, 3.8) is 0 Å². The fourth-order valence-electron chi connectivity index (χ4n) is 2.12. The zero-order valence-corrected chi connectivity index (χ0v) is 10.9. The van der Waals surface area contributed by atoms with E-state index in [1.807, 2.05) is 25.1 Å². The molecule has 18 heavy (non-hydrogen) atoms. The van der Waals surface area contributed by atoms with E-state index in [1.54, 1.807) is 0 Å². The minimum Gasteiger partial charge on any atom is -0.381 e. The van der Waals surface area contributed by atoms with Gasteiger partial charge in [-0.1, -0.05) is 6.07 Å². The van der Waals surface area contributed by atoms with Gasteiger partial charge in [-0.3, -0.25) is 0 Å². The summed E-state index contributed by atoms with van der Waals surface area (Å²) in [6, 6.07) is 8.09. The lowest BCUT2D eigenvalue weighted by atomic mass is 10.1. The highest BCUT2D eigenvalue weighted by atomic mass is 16.5. The number of hydrogen-bond donors (Lipinski definition) is 1. The van der Waals surface area contributed by atoms with Crippen LogP contribution in [0, 0.1) is 18.3 Å². The van der Waals surface area contributed by atoms with Crippen molar-refractivity contribution in [2.24, 2.45) is 0 Å². The lowest BCUT2D eigenvalue weighted by molar-refractivity contribution is -0.0117. The lowest BCUT2D eigenvalue weighted by Gasteiger charge is -2.30. The van der Waals surface area contributed by atoms with Crippen molar-refractivity contribution in [1.82, 2.24) is 4.90 Å². The second-order valence-corrected chi connectivity index (χ2v) is 4.80. The maximum atomic E-state index is 9.09. The summed E-state index contributed by atoms with van der Waals surface area (Å²) in [5.41, 5.74) is 2.69. The van der Waals surface area contributed by atoms with Crippen LogP contribution in [0.5, 0.6) is 0 Å². The van der Waals surface area contributed by atoms with E-state index in [1.165, 1.54) is 0 Å². The second kappa shape index (κ2) is 5.85. The predicted molar refractivity (Wildman–Crippen MR) is 71.6 cm³/mol. The molecule has 1 aliphatic heterocycles. The SMILES string of the molecule is Cc1ccc(NCC2CN(C)CCO2)c(C#N)c1. The van der Waals surface area contributed by atoms with E-state index in [-0.39, 0.29) is 6.10 Å². The van der Waals surface area contributed by atoms with Gasteiger partial charge in [0.25, 0.3) is 0 Å². The molecule has 4 heteroatoms. The van der Waals surface area contributed by atoms with Gasteiger partial charge in [-0.05, 0) is 31.7 Å². The van der Waals surface area contributed by atoms with Crippen molar-refractivity contribution < 1.29 is 4.74 Å². The summed E-state index contributed by atoms with van der Waals surface area (Å²) in [6.45, 7) is 5.43. The molecule has 0 aliphatic carbocycles. The Kier molecular flexibility index (Phi) is 4.19. The summed E-state index contributed by atoms with van der Waals surface area (Å²) >= 11 is 0. The number of ether oxygens (including phenoxy) is 1. The Balaban J connectivity index is 1.96. The molecule has 1 unspecified atom stereocenters. The first-order valence-electron chi connectivity index (χ1n) is 6.24. The topological polar surface area (TPSA) is 48.3 Å². The van der Waals surface area contributed by atoms with Crippen molar-refractivity contribution in [3.05, 3.63) is 29.3 Å². The number of aryl methyl sites for hydroxylation is 1. The third-order valence-corrected chi connectivity index (χ3v) is 3.16. The van der Waals surface area contributed by atoms with Crippen LogP contribution < -0.4 is 5.32 Å². The van der Waals surface area contributed by atoms with Crippen LogP contribution in [0.1, 0.15) is 11.1 Å². The molecule has 1 N–H and O–H groups in total. The fourth-order valence-corrected chi connectivity index (χ4v) is 2.12. The average molecular weight is 245 g/mol. The molecule has 0 saturated carbocycles. The Labute approximate surface area is 108 Å². The highest BCUT2D eigenvalue weighted by Gasteiger charge is 2.17. The average Bonchev–Trinajstić information content (AvgIpc) is 2.37. The molecular formula is C14H19N3O. The number of rotatable bonds is 3. The number of anilines is 1. The molecule has 1 fully saturated rings. The zero-order chi connectivity index (χ0) is 13.0. The third kappa shape index (κ3) is 3.22. The van der Waals surface area contributed by atoms with Gasteiger partial charge in [0.15, 0.2) is 0 Å². The number of morpholine rings is 1. The fraction of sp³-hybridized carbons (Fsp3) is 0.500. The number of benzene rings is 1.